The van der Waals surface area contributed by atoms with Gasteiger partial charge in [-0.2, -0.15) is 0 Å². The lowest BCUT2D eigenvalue weighted by molar-refractivity contribution is 0.0981. The maximum atomic E-state index is 13.3. The van der Waals surface area contributed by atoms with Gasteiger partial charge in [-0.1, -0.05) is 18.2 Å². The standard InChI is InChI=1S/C22H17F2N3O2/c1-13-10-14-4-2-3-5-20(14)27(13)22(29)15-8-9-25-19(11-15)21(28)26-16-6-7-17(23)18(24)12-16/h2-9,11-13H,10H2,1H3,(H,26,28). The summed E-state index contributed by atoms with van der Waals surface area (Å²) in [5.74, 6) is -2.93. The van der Waals surface area contributed by atoms with Crippen LogP contribution in [0, 0.1) is 11.6 Å². The SMILES string of the molecule is CC1Cc2ccccc2N1C(=O)c1ccnc(C(=O)Nc2ccc(F)c(F)c2)c1. The van der Waals surface area contributed by atoms with E-state index in [0.717, 1.165) is 29.8 Å². The van der Waals surface area contributed by atoms with E-state index in [1.807, 2.05) is 31.2 Å². The number of fused-ring (bicyclic) bond motifs is 1. The van der Waals surface area contributed by atoms with Gasteiger partial charge in [-0.05, 0) is 49.2 Å². The summed E-state index contributed by atoms with van der Waals surface area (Å²) in [5.41, 5.74) is 2.36. The van der Waals surface area contributed by atoms with E-state index in [0.29, 0.717) is 5.56 Å². The van der Waals surface area contributed by atoms with E-state index in [-0.39, 0.29) is 23.3 Å². The fraction of sp³-hybridized carbons (Fsp3) is 0.136. The number of aromatic nitrogens is 1. The highest BCUT2D eigenvalue weighted by Gasteiger charge is 2.31. The molecule has 0 fully saturated rings. The Labute approximate surface area is 166 Å². The number of halogens is 2. The Bertz CT molecular complexity index is 1120. The van der Waals surface area contributed by atoms with E-state index >= 15 is 0 Å². The highest BCUT2D eigenvalue weighted by Crippen LogP contribution is 2.33. The lowest BCUT2D eigenvalue weighted by atomic mass is 10.1. The van der Waals surface area contributed by atoms with Crippen LogP contribution in [0.25, 0.3) is 0 Å². The van der Waals surface area contributed by atoms with Gasteiger partial charge in [0.1, 0.15) is 5.69 Å². The first-order valence-corrected chi connectivity index (χ1v) is 9.08. The van der Waals surface area contributed by atoms with Gasteiger partial charge >= 0.3 is 0 Å². The molecule has 2 aromatic carbocycles. The summed E-state index contributed by atoms with van der Waals surface area (Å²) in [4.78, 5) is 31.3. The second-order valence-electron chi connectivity index (χ2n) is 6.87. The summed E-state index contributed by atoms with van der Waals surface area (Å²) >= 11 is 0. The molecule has 146 valence electrons. The molecule has 4 rings (SSSR count). The number of pyridine rings is 1. The normalized spacial score (nSPS) is 15.1. The monoisotopic (exact) mass is 393 g/mol. The molecule has 1 aliphatic rings. The number of para-hydroxylation sites is 1. The number of hydrogen-bond donors (Lipinski definition) is 1. The summed E-state index contributed by atoms with van der Waals surface area (Å²) in [6.07, 6.45) is 2.14. The molecular weight excluding hydrogens is 376 g/mol. The van der Waals surface area contributed by atoms with Gasteiger partial charge in [0.25, 0.3) is 11.8 Å². The van der Waals surface area contributed by atoms with Crippen molar-refractivity contribution in [1.29, 1.82) is 0 Å². The Morgan fingerprint density at radius 3 is 2.66 bits per heavy atom. The number of hydrogen-bond acceptors (Lipinski definition) is 3. The van der Waals surface area contributed by atoms with E-state index in [9.17, 15) is 18.4 Å². The number of nitrogens with zero attached hydrogens (tertiary/aromatic N) is 2. The Hall–Kier alpha value is -3.61. The van der Waals surface area contributed by atoms with Gasteiger partial charge in [0.2, 0.25) is 0 Å². The van der Waals surface area contributed by atoms with Gasteiger partial charge in [0.15, 0.2) is 11.6 Å². The molecule has 2 amide bonds. The third-order valence-corrected chi connectivity index (χ3v) is 4.84. The van der Waals surface area contributed by atoms with E-state index in [1.165, 1.54) is 18.3 Å². The van der Waals surface area contributed by atoms with Gasteiger partial charge in [-0.15, -0.1) is 0 Å². The summed E-state index contributed by atoms with van der Waals surface area (Å²) in [7, 11) is 0. The molecule has 0 bridgehead atoms. The Kier molecular flexibility index (Phi) is 4.80. The molecule has 0 aliphatic carbocycles. The van der Waals surface area contributed by atoms with Crippen LogP contribution < -0.4 is 10.2 Å². The van der Waals surface area contributed by atoms with Crippen LogP contribution >= 0.6 is 0 Å². The molecular formula is C22H17F2N3O2. The molecule has 2 heterocycles. The third kappa shape index (κ3) is 3.59. The first kappa shape index (κ1) is 18.7. The second kappa shape index (κ2) is 7.43. The third-order valence-electron chi connectivity index (χ3n) is 4.84. The number of amides is 2. The molecule has 1 N–H and O–H groups in total. The molecule has 0 radical (unpaired) electrons. The number of benzene rings is 2. The molecule has 0 saturated carbocycles. The van der Waals surface area contributed by atoms with Gasteiger partial charge < -0.3 is 10.2 Å². The maximum absolute atomic E-state index is 13.3. The topological polar surface area (TPSA) is 62.3 Å². The average Bonchev–Trinajstić information content (AvgIpc) is 3.06. The predicted molar refractivity (Wildman–Crippen MR) is 105 cm³/mol. The molecule has 29 heavy (non-hydrogen) atoms. The van der Waals surface area contributed by atoms with Crippen molar-refractivity contribution >= 4 is 23.2 Å². The predicted octanol–water partition coefficient (Wildman–Crippen LogP) is 4.20. The largest absolute Gasteiger partial charge is 0.321 e. The molecule has 1 aromatic heterocycles. The minimum atomic E-state index is -1.07. The van der Waals surface area contributed by atoms with Crippen molar-refractivity contribution in [2.75, 3.05) is 10.2 Å². The average molecular weight is 393 g/mol. The van der Waals surface area contributed by atoms with Crippen LogP contribution in [0.3, 0.4) is 0 Å². The van der Waals surface area contributed by atoms with E-state index in [4.69, 9.17) is 0 Å². The molecule has 1 unspecified atom stereocenters. The van der Waals surface area contributed by atoms with Crippen LogP contribution in [0.1, 0.15) is 33.3 Å². The highest BCUT2D eigenvalue weighted by molar-refractivity contribution is 6.10. The number of rotatable bonds is 3. The summed E-state index contributed by atoms with van der Waals surface area (Å²) in [6, 6.07) is 13.7. The highest BCUT2D eigenvalue weighted by atomic mass is 19.2. The fourth-order valence-electron chi connectivity index (χ4n) is 3.47. The zero-order valence-electron chi connectivity index (χ0n) is 15.5. The Balaban J connectivity index is 1.58. The van der Waals surface area contributed by atoms with Crippen LogP contribution in [0.15, 0.2) is 60.8 Å². The number of nitrogens with one attached hydrogen (secondary N) is 1. The van der Waals surface area contributed by atoms with Crippen LogP contribution in [0.4, 0.5) is 20.2 Å². The molecule has 1 atom stereocenters. The summed E-state index contributed by atoms with van der Waals surface area (Å²) < 4.78 is 26.4. The van der Waals surface area contributed by atoms with E-state index in [2.05, 4.69) is 10.3 Å². The van der Waals surface area contributed by atoms with Crippen molar-refractivity contribution in [3.63, 3.8) is 0 Å². The van der Waals surface area contributed by atoms with Crippen LogP contribution in [-0.2, 0) is 6.42 Å². The van der Waals surface area contributed by atoms with Crippen LogP contribution in [0.5, 0.6) is 0 Å². The molecule has 3 aromatic rings. The molecule has 0 spiro atoms. The fourth-order valence-corrected chi connectivity index (χ4v) is 3.47. The number of anilines is 2. The minimum Gasteiger partial charge on any atom is -0.321 e. The summed E-state index contributed by atoms with van der Waals surface area (Å²) in [6.45, 7) is 1.97. The van der Waals surface area contributed by atoms with Crippen molar-refractivity contribution in [3.05, 3.63) is 89.2 Å². The van der Waals surface area contributed by atoms with Crippen molar-refractivity contribution in [1.82, 2.24) is 4.98 Å². The van der Waals surface area contributed by atoms with E-state index in [1.54, 1.807) is 11.0 Å². The minimum absolute atomic E-state index is 0.000665. The van der Waals surface area contributed by atoms with Crippen molar-refractivity contribution in [2.24, 2.45) is 0 Å². The van der Waals surface area contributed by atoms with Crippen LogP contribution in [0.2, 0.25) is 0 Å². The molecule has 0 saturated heterocycles. The summed E-state index contributed by atoms with van der Waals surface area (Å²) in [5, 5.41) is 2.45. The Morgan fingerprint density at radius 1 is 1.07 bits per heavy atom. The second-order valence-corrected chi connectivity index (χ2v) is 6.87. The Morgan fingerprint density at radius 2 is 1.86 bits per heavy atom. The number of carbonyl (C=O) groups is 2. The zero-order valence-corrected chi connectivity index (χ0v) is 15.5. The molecule has 7 heteroatoms. The zero-order chi connectivity index (χ0) is 20.5. The first-order chi connectivity index (χ1) is 13.9. The van der Waals surface area contributed by atoms with Crippen molar-refractivity contribution in [3.8, 4) is 0 Å². The number of carbonyl (C=O) groups excluding carboxylic acids is 2. The molecule has 5 nitrogen and oxygen atoms in total. The first-order valence-electron chi connectivity index (χ1n) is 9.08. The van der Waals surface area contributed by atoms with Gasteiger partial charge in [0, 0.05) is 35.2 Å². The van der Waals surface area contributed by atoms with Crippen molar-refractivity contribution in [2.45, 2.75) is 19.4 Å². The lowest BCUT2D eigenvalue weighted by Gasteiger charge is -2.23. The van der Waals surface area contributed by atoms with Crippen molar-refractivity contribution < 1.29 is 18.4 Å². The van der Waals surface area contributed by atoms with E-state index < -0.39 is 17.5 Å². The van der Waals surface area contributed by atoms with Gasteiger partial charge in [-0.3, -0.25) is 14.6 Å². The van der Waals surface area contributed by atoms with Gasteiger partial charge in [-0.25, -0.2) is 8.78 Å². The maximum Gasteiger partial charge on any atom is 0.274 e. The smallest absolute Gasteiger partial charge is 0.274 e. The molecule has 1 aliphatic heterocycles. The quantitative estimate of drug-likeness (QED) is 0.725. The van der Waals surface area contributed by atoms with Gasteiger partial charge in [0.05, 0.1) is 0 Å². The lowest BCUT2D eigenvalue weighted by Crippen LogP contribution is -2.35. The van der Waals surface area contributed by atoms with Crippen LogP contribution in [-0.4, -0.2) is 22.8 Å².